The first-order valence-corrected chi connectivity index (χ1v) is 16.5. The molecule has 1 aromatic carbocycles. The summed E-state index contributed by atoms with van der Waals surface area (Å²) < 4.78 is 2.03. The van der Waals surface area contributed by atoms with E-state index >= 15 is 0 Å². The summed E-state index contributed by atoms with van der Waals surface area (Å²) in [5.74, 6) is -1.85. The van der Waals surface area contributed by atoms with Crippen LogP contribution in [0.15, 0.2) is 63.8 Å². The number of benzene rings is 1. The first-order valence-electron chi connectivity index (χ1n) is 12.7. The lowest BCUT2D eigenvalue weighted by Gasteiger charge is -2.49. The van der Waals surface area contributed by atoms with Crippen LogP contribution in [0, 0.1) is 0 Å². The Morgan fingerprint density at radius 1 is 1.07 bits per heavy atom. The van der Waals surface area contributed by atoms with E-state index in [1.807, 2.05) is 29.1 Å². The van der Waals surface area contributed by atoms with Gasteiger partial charge in [-0.3, -0.25) is 19.3 Å². The van der Waals surface area contributed by atoms with Crippen LogP contribution in [0.2, 0.25) is 10.0 Å². The van der Waals surface area contributed by atoms with E-state index in [1.165, 1.54) is 40.2 Å². The molecule has 0 radical (unpaired) electrons. The minimum Gasteiger partial charge on any atom is -0.481 e. The SMILES string of the molecule is O=C(O)CCCCC[n+]1ccc(SCC2=C(C(=O)O)N3C(=O)[C@@H](NC(=O)CSc4cc(Cl)ccc4Cl)[C@H]3SC2)cc1. The van der Waals surface area contributed by atoms with Gasteiger partial charge in [-0.2, -0.15) is 0 Å². The van der Waals surface area contributed by atoms with E-state index in [1.54, 1.807) is 18.2 Å². The Kier molecular flexibility index (Phi) is 11.3. The lowest BCUT2D eigenvalue weighted by Crippen LogP contribution is -2.70. The molecule has 0 spiro atoms. The fourth-order valence-corrected chi connectivity index (χ4v) is 8.02. The lowest BCUT2D eigenvalue weighted by molar-refractivity contribution is -0.697. The minimum absolute atomic E-state index is 0.0100. The molecule has 1 saturated heterocycles. The maximum atomic E-state index is 13.0. The number of carbonyl (C=O) groups is 4. The first kappa shape index (κ1) is 31.6. The fraction of sp³-hybridized carbons (Fsp3) is 0.370. The molecule has 0 bridgehead atoms. The largest absolute Gasteiger partial charge is 0.481 e. The molecule has 0 aliphatic carbocycles. The Morgan fingerprint density at radius 2 is 1.83 bits per heavy atom. The zero-order valence-electron chi connectivity index (χ0n) is 21.8. The lowest BCUT2D eigenvalue weighted by atomic mass is 10.0. The zero-order chi connectivity index (χ0) is 29.5. The van der Waals surface area contributed by atoms with Crippen molar-refractivity contribution in [1.82, 2.24) is 10.2 Å². The van der Waals surface area contributed by atoms with Gasteiger partial charge >= 0.3 is 11.9 Å². The number of halogens is 2. The maximum absolute atomic E-state index is 13.0. The number of fused-ring (bicyclic) bond motifs is 1. The summed E-state index contributed by atoms with van der Waals surface area (Å²) in [6, 6.07) is 8.09. The normalized spacial score (nSPS) is 18.1. The Morgan fingerprint density at radius 3 is 2.54 bits per heavy atom. The van der Waals surface area contributed by atoms with E-state index in [-0.39, 0.29) is 23.8 Å². The number of rotatable bonds is 14. The molecule has 1 aromatic heterocycles. The quantitative estimate of drug-likeness (QED) is 0.116. The van der Waals surface area contributed by atoms with Crippen LogP contribution in [0.4, 0.5) is 0 Å². The molecule has 3 N–H and O–H groups in total. The molecule has 9 nitrogen and oxygen atoms in total. The van der Waals surface area contributed by atoms with Gasteiger partial charge in [-0.05, 0) is 36.6 Å². The molecule has 2 aliphatic heterocycles. The average Bonchev–Trinajstić information content (AvgIpc) is 2.94. The van der Waals surface area contributed by atoms with Crippen molar-refractivity contribution < 1.29 is 34.0 Å². The molecule has 0 unspecified atom stereocenters. The standard InChI is InChI=1S/C27H27Cl2N3O6S3/c28-17-5-6-19(29)20(12-17)40-15-21(33)30-23-25(36)32-24(27(37)38)16(14-41-26(23)32)13-39-18-7-10-31(11-8-18)9-3-1-2-4-22(34)35/h5-8,10-12,23,26H,1-4,9,13-15H2,(H2-,30,33,34,35,37,38)/p+1/t23-,26-/m1/s1. The molecule has 41 heavy (non-hydrogen) atoms. The molecule has 1 fully saturated rings. The fourth-order valence-electron chi connectivity index (χ4n) is 4.35. The van der Waals surface area contributed by atoms with E-state index < -0.39 is 29.3 Å². The van der Waals surface area contributed by atoms with Crippen molar-refractivity contribution in [2.24, 2.45) is 0 Å². The highest BCUT2D eigenvalue weighted by atomic mass is 35.5. The summed E-state index contributed by atoms with van der Waals surface area (Å²) in [6.45, 7) is 0.790. The van der Waals surface area contributed by atoms with Crippen LogP contribution in [0.1, 0.15) is 25.7 Å². The number of pyridine rings is 1. The summed E-state index contributed by atoms with van der Waals surface area (Å²) in [5, 5.41) is 21.9. The van der Waals surface area contributed by atoms with Gasteiger partial charge in [0.05, 0.1) is 10.8 Å². The second-order valence-electron chi connectivity index (χ2n) is 9.34. The van der Waals surface area contributed by atoms with E-state index in [0.29, 0.717) is 38.4 Å². The van der Waals surface area contributed by atoms with Crippen molar-refractivity contribution in [2.45, 2.75) is 53.4 Å². The van der Waals surface area contributed by atoms with Crippen LogP contribution in [0.5, 0.6) is 0 Å². The van der Waals surface area contributed by atoms with Gasteiger partial charge in [0.15, 0.2) is 12.4 Å². The maximum Gasteiger partial charge on any atom is 0.352 e. The van der Waals surface area contributed by atoms with E-state index in [4.69, 9.17) is 28.3 Å². The number of carboxylic acids is 2. The highest BCUT2D eigenvalue weighted by Crippen LogP contribution is 2.41. The van der Waals surface area contributed by atoms with Crippen LogP contribution in [-0.2, 0) is 25.7 Å². The number of aliphatic carboxylic acids is 2. The van der Waals surface area contributed by atoms with Gasteiger partial charge in [0, 0.05) is 51.3 Å². The number of nitrogens with one attached hydrogen (secondary N) is 1. The Balaban J connectivity index is 1.29. The number of aryl methyl sites for hydroxylation is 1. The van der Waals surface area contributed by atoms with Gasteiger partial charge in [0.1, 0.15) is 23.7 Å². The number of amides is 2. The van der Waals surface area contributed by atoms with E-state index in [2.05, 4.69) is 5.32 Å². The van der Waals surface area contributed by atoms with Crippen molar-refractivity contribution in [3.63, 3.8) is 0 Å². The number of thioether (sulfide) groups is 3. The van der Waals surface area contributed by atoms with Crippen molar-refractivity contribution in [3.05, 3.63) is 64.0 Å². The monoisotopic (exact) mass is 656 g/mol. The van der Waals surface area contributed by atoms with Gasteiger partial charge in [0.25, 0.3) is 5.91 Å². The van der Waals surface area contributed by atoms with Crippen LogP contribution in [-0.4, -0.2) is 67.5 Å². The summed E-state index contributed by atoms with van der Waals surface area (Å²) in [5.41, 5.74) is 0.646. The third-order valence-corrected chi connectivity index (χ3v) is 10.6. The predicted molar refractivity (Wildman–Crippen MR) is 160 cm³/mol. The molecule has 0 saturated carbocycles. The van der Waals surface area contributed by atoms with Crippen molar-refractivity contribution in [3.8, 4) is 0 Å². The van der Waals surface area contributed by atoms with Gasteiger partial charge in [-0.25, -0.2) is 9.36 Å². The molecular formula is C27H28Cl2N3O6S3+. The number of nitrogens with zero attached hydrogens (tertiary/aromatic N) is 2. The Bertz CT molecular complexity index is 1360. The molecule has 2 aliphatic rings. The Hall–Kier alpha value is -2.38. The predicted octanol–water partition coefficient (Wildman–Crippen LogP) is 4.55. The molecule has 218 valence electrons. The number of aromatic nitrogens is 1. The highest BCUT2D eigenvalue weighted by Gasteiger charge is 2.54. The van der Waals surface area contributed by atoms with Crippen LogP contribution in [0.3, 0.4) is 0 Å². The number of hydrogen-bond acceptors (Lipinski definition) is 7. The number of β-lactam (4-membered cyclic amide) rings is 1. The van der Waals surface area contributed by atoms with Gasteiger partial charge < -0.3 is 15.5 Å². The van der Waals surface area contributed by atoms with E-state index in [9.17, 15) is 24.3 Å². The number of carboxylic acid groups (broad SMARTS) is 2. The van der Waals surface area contributed by atoms with Gasteiger partial charge in [0.2, 0.25) is 5.91 Å². The van der Waals surface area contributed by atoms with Crippen LogP contribution in [0.25, 0.3) is 0 Å². The number of unbranched alkanes of at least 4 members (excludes halogenated alkanes) is 2. The van der Waals surface area contributed by atoms with E-state index in [0.717, 1.165) is 24.3 Å². The van der Waals surface area contributed by atoms with Crippen molar-refractivity contribution in [1.29, 1.82) is 0 Å². The smallest absolute Gasteiger partial charge is 0.352 e. The molecule has 2 amide bonds. The van der Waals surface area contributed by atoms with Crippen LogP contribution < -0.4 is 9.88 Å². The summed E-state index contributed by atoms with van der Waals surface area (Å²) in [4.78, 5) is 51.2. The molecular weight excluding hydrogens is 629 g/mol. The molecule has 2 aromatic rings. The number of carbonyl (C=O) groups excluding carboxylic acids is 2. The molecule has 4 rings (SSSR count). The van der Waals surface area contributed by atoms with Gasteiger partial charge in [-0.15, -0.1) is 35.3 Å². The summed E-state index contributed by atoms with van der Waals surface area (Å²) in [7, 11) is 0. The van der Waals surface area contributed by atoms with Gasteiger partial charge in [-0.1, -0.05) is 23.2 Å². The molecule has 14 heteroatoms. The topological polar surface area (TPSA) is 128 Å². The zero-order valence-corrected chi connectivity index (χ0v) is 25.7. The third kappa shape index (κ3) is 8.35. The highest BCUT2D eigenvalue weighted by molar-refractivity contribution is 8.01. The number of hydrogen-bond donors (Lipinski definition) is 3. The second kappa shape index (κ2) is 14.7. The van der Waals surface area contributed by atoms with Crippen molar-refractivity contribution in [2.75, 3.05) is 17.3 Å². The third-order valence-electron chi connectivity index (χ3n) is 6.40. The molecule has 3 heterocycles. The van der Waals surface area contributed by atoms with Crippen LogP contribution >= 0.6 is 58.5 Å². The van der Waals surface area contributed by atoms with Crippen molar-refractivity contribution >= 4 is 82.2 Å². The summed E-state index contributed by atoms with van der Waals surface area (Å²) in [6.07, 6.45) is 6.47. The Labute approximate surface area is 260 Å². The first-order chi connectivity index (χ1) is 19.6. The average molecular weight is 658 g/mol. The molecule has 2 atom stereocenters. The summed E-state index contributed by atoms with van der Waals surface area (Å²) >= 11 is 16.3. The minimum atomic E-state index is -1.16. The second-order valence-corrected chi connectivity index (χ2v) is 13.4.